The standard InChI is InChI=1S/C12H17BrN2OS/c1-14-5-3-4-10(14)7-15(2)12(16)9-6-11(13)17-8-9/h6,8,10H,3-5,7H2,1-2H3. The molecule has 0 spiro atoms. The summed E-state index contributed by atoms with van der Waals surface area (Å²) in [5.74, 6) is 0.118. The molecule has 1 unspecified atom stereocenters. The number of halogens is 1. The zero-order valence-corrected chi connectivity index (χ0v) is 12.6. The van der Waals surface area contributed by atoms with Crippen LogP contribution in [0.15, 0.2) is 15.2 Å². The number of likely N-dealkylation sites (N-methyl/N-ethyl adjacent to an activating group) is 2. The van der Waals surface area contributed by atoms with Gasteiger partial charge in [-0.3, -0.25) is 4.79 Å². The highest BCUT2D eigenvalue weighted by molar-refractivity contribution is 9.11. The van der Waals surface area contributed by atoms with Crippen molar-refractivity contribution in [3.63, 3.8) is 0 Å². The van der Waals surface area contributed by atoms with Gasteiger partial charge in [0.15, 0.2) is 0 Å². The Kier molecular flexibility index (Phi) is 4.22. The van der Waals surface area contributed by atoms with Gasteiger partial charge in [-0.25, -0.2) is 0 Å². The summed E-state index contributed by atoms with van der Waals surface area (Å²) in [5, 5.41) is 1.90. The summed E-state index contributed by atoms with van der Waals surface area (Å²) in [7, 11) is 4.03. The number of nitrogens with zero attached hydrogens (tertiary/aromatic N) is 2. The van der Waals surface area contributed by atoms with Gasteiger partial charge in [0.25, 0.3) is 5.91 Å². The third-order valence-electron chi connectivity index (χ3n) is 3.32. The van der Waals surface area contributed by atoms with Gasteiger partial charge in [0.1, 0.15) is 0 Å². The molecular weight excluding hydrogens is 300 g/mol. The molecule has 1 aliphatic heterocycles. The fourth-order valence-corrected chi connectivity index (χ4v) is 3.38. The maximum atomic E-state index is 12.1. The molecule has 1 aromatic rings. The van der Waals surface area contributed by atoms with Crippen molar-refractivity contribution in [1.82, 2.24) is 9.80 Å². The van der Waals surface area contributed by atoms with Crippen LogP contribution < -0.4 is 0 Å². The molecule has 1 aromatic heterocycles. The number of hydrogen-bond donors (Lipinski definition) is 0. The van der Waals surface area contributed by atoms with Gasteiger partial charge in [0.2, 0.25) is 0 Å². The maximum Gasteiger partial charge on any atom is 0.254 e. The van der Waals surface area contributed by atoms with Gasteiger partial charge < -0.3 is 9.80 Å². The molecule has 1 saturated heterocycles. The molecule has 94 valence electrons. The summed E-state index contributed by atoms with van der Waals surface area (Å²) >= 11 is 4.94. The van der Waals surface area contributed by atoms with Gasteiger partial charge in [-0.1, -0.05) is 0 Å². The Morgan fingerprint density at radius 2 is 2.47 bits per heavy atom. The second-order valence-electron chi connectivity index (χ2n) is 4.60. The van der Waals surface area contributed by atoms with Crippen molar-refractivity contribution in [2.24, 2.45) is 0 Å². The third-order valence-corrected chi connectivity index (χ3v) is 4.82. The molecule has 0 aromatic carbocycles. The molecular formula is C12H17BrN2OS. The monoisotopic (exact) mass is 316 g/mol. The molecule has 1 fully saturated rings. The number of likely N-dealkylation sites (tertiary alicyclic amines) is 1. The third kappa shape index (κ3) is 3.09. The first-order valence-corrected chi connectivity index (χ1v) is 7.45. The first-order chi connectivity index (χ1) is 8.08. The van der Waals surface area contributed by atoms with Crippen LogP contribution in [0, 0.1) is 0 Å². The van der Waals surface area contributed by atoms with E-state index in [2.05, 4.69) is 27.9 Å². The number of thiophene rings is 1. The van der Waals surface area contributed by atoms with Crippen molar-refractivity contribution < 1.29 is 4.79 Å². The van der Waals surface area contributed by atoms with Crippen LogP contribution >= 0.6 is 27.3 Å². The lowest BCUT2D eigenvalue weighted by atomic mass is 10.2. The summed E-state index contributed by atoms with van der Waals surface area (Å²) in [6.07, 6.45) is 2.44. The molecule has 17 heavy (non-hydrogen) atoms. The normalized spacial score (nSPS) is 20.8. The fourth-order valence-electron chi connectivity index (χ4n) is 2.25. The van der Waals surface area contributed by atoms with E-state index >= 15 is 0 Å². The minimum Gasteiger partial charge on any atom is -0.340 e. The smallest absolute Gasteiger partial charge is 0.254 e. The molecule has 0 radical (unpaired) electrons. The summed E-state index contributed by atoms with van der Waals surface area (Å²) < 4.78 is 1.01. The minimum atomic E-state index is 0.118. The van der Waals surface area contributed by atoms with E-state index < -0.39 is 0 Å². The van der Waals surface area contributed by atoms with Gasteiger partial charge in [-0.05, 0) is 48.4 Å². The van der Waals surface area contributed by atoms with E-state index in [0.717, 1.165) is 22.4 Å². The molecule has 0 saturated carbocycles. The van der Waals surface area contributed by atoms with E-state index in [1.54, 1.807) is 11.3 Å². The van der Waals surface area contributed by atoms with Crippen molar-refractivity contribution in [1.29, 1.82) is 0 Å². The van der Waals surface area contributed by atoms with E-state index in [-0.39, 0.29) is 5.91 Å². The average Bonchev–Trinajstić information content (AvgIpc) is 2.88. The van der Waals surface area contributed by atoms with E-state index in [9.17, 15) is 4.79 Å². The Balaban J connectivity index is 1.95. The molecule has 2 heterocycles. The molecule has 1 aliphatic rings. The van der Waals surface area contributed by atoms with Crippen molar-refractivity contribution in [2.75, 3.05) is 27.2 Å². The first kappa shape index (κ1) is 13.1. The van der Waals surface area contributed by atoms with Crippen LogP contribution in [0.1, 0.15) is 23.2 Å². The fraction of sp³-hybridized carbons (Fsp3) is 0.583. The van der Waals surface area contributed by atoms with Crippen LogP contribution in [0.3, 0.4) is 0 Å². The maximum absolute atomic E-state index is 12.1. The molecule has 3 nitrogen and oxygen atoms in total. The Morgan fingerprint density at radius 3 is 3.00 bits per heavy atom. The predicted molar refractivity (Wildman–Crippen MR) is 74.6 cm³/mol. The van der Waals surface area contributed by atoms with E-state index in [1.165, 1.54) is 12.8 Å². The second-order valence-corrected chi connectivity index (χ2v) is 6.89. The lowest BCUT2D eigenvalue weighted by Gasteiger charge is -2.25. The van der Waals surface area contributed by atoms with Crippen LogP contribution in [0.4, 0.5) is 0 Å². The quantitative estimate of drug-likeness (QED) is 0.856. The SMILES string of the molecule is CN(CC1CCCN1C)C(=O)c1csc(Br)c1. The highest BCUT2D eigenvalue weighted by atomic mass is 79.9. The van der Waals surface area contributed by atoms with Crippen molar-refractivity contribution in [2.45, 2.75) is 18.9 Å². The Hall–Kier alpha value is -0.390. The number of carbonyl (C=O) groups is 1. The second kappa shape index (κ2) is 5.50. The van der Waals surface area contributed by atoms with Crippen LogP contribution in [-0.4, -0.2) is 48.9 Å². The minimum absolute atomic E-state index is 0.118. The number of amides is 1. The number of hydrogen-bond acceptors (Lipinski definition) is 3. The van der Waals surface area contributed by atoms with Crippen molar-refractivity contribution in [3.8, 4) is 0 Å². The zero-order chi connectivity index (χ0) is 12.4. The average molecular weight is 317 g/mol. The van der Waals surface area contributed by atoms with Crippen LogP contribution in [0.2, 0.25) is 0 Å². The Morgan fingerprint density at radius 1 is 1.71 bits per heavy atom. The molecule has 5 heteroatoms. The van der Waals surface area contributed by atoms with Gasteiger partial charge in [0, 0.05) is 25.0 Å². The van der Waals surface area contributed by atoms with Crippen LogP contribution in [0.5, 0.6) is 0 Å². The summed E-state index contributed by atoms with van der Waals surface area (Å²) in [4.78, 5) is 16.3. The highest BCUT2D eigenvalue weighted by Gasteiger charge is 2.24. The summed E-state index contributed by atoms with van der Waals surface area (Å²) in [6, 6.07) is 2.41. The molecule has 1 amide bonds. The first-order valence-electron chi connectivity index (χ1n) is 5.77. The van der Waals surface area contributed by atoms with Gasteiger partial charge in [0.05, 0.1) is 9.35 Å². The summed E-state index contributed by atoms with van der Waals surface area (Å²) in [5.41, 5.74) is 0.782. The predicted octanol–water partition coefficient (Wildman–Crippen LogP) is 2.68. The van der Waals surface area contributed by atoms with Crippen molar-refractivity contribution in [3.05, 3.63) is 20.8 Å². The molecule has 0 N–H and O–H groups in total. The molecule has 1 atom stereocenters. The topological polar surface area (TPSA) is 23.6 Å². The van der Waals surface area contributed by atoms with Crippen LogP contribution in [0.25, 0.3) is 0 Å². The van der Waals surface area contributed by atoms with E-state index in [0.29, 0.717) is 6.04 Å². The number of carbonyl (C=O) groups excluding carboxylic acids is 1. The lowest BCUT2D eigenvalue weighted by molar-refractivity contribution is 0.0762. The van der Waals surface area contributed by atoms with Crippen LogP contribution in [-0.2, 0) is 0 Å². The highest BCUT2D eigenvalue weighted by Crippen LogP contribution is 2.22. The molecule has 0 aliphatic carbocycles. The van der Waals surface area contributed by atoms with E-state index in [1.807, 2.05) is 23.4 Å². The summed E-state index contributed by atoms with van der Waals surface area (Å²) in [6.45, 7) is 1.97. The van der Waals surface area contributed by atoms with E-state index in [4.69, 9.17) is 0 Å². The number of rotatable bonds is 3. The molecule has 0 bridgehead atoms. The molecule has 2 rings (SSSR count). The van der Waals surface area contributed by atoms with Crippen molar-refractivity contribution >= 4 is 33.2 Å². The zero-order valence-electron chi connectivity index (χ0n) is 10.1. The van der Waals surface area contributed by atoms with Gasteiger partial charge >= 0.3 is 0 Å². The Bertz CT molecular complexity index is 407. The van der Waals surface area contributed by atoms with Gasteiger partial charge in [-0.15, -0.1) is 11.3 Å². The Labute approximate surface area is 115 Å². The largest absolute Gasteiger partial charge is 0.340 e. The van der Waals surface area contributed by atoms with Gasteiger partial charge in [-0.2, -0.15) is 0 Å². The lowest BCUT2D eigenvalue weighted by Crippen LogP contribution is -2.39.